The topological polar surface area (TPSA) is 79.6 Å². The molecule has 0 unspecified atom stereocenters. The number of anilines is 1. The fraction of sp³-hybridized carbons (Fsp3) is 0.333. The number of carbonyl (C=O) groups is 1. The van der Waals surface area contributed by atoms with Crippen LogP contribution in [0.1, 0.15) is 0 Å². The zero-order valence-electron chi connectivity index (χ0n) is 11.9. The zero-order chi connectivity index (χ0) is 15.2. The Hall–Kier alpha value is -2.52. The number of phenolic OH excluding ortho intramolecular Hbond substituents is 1. The van der Waals surface area contributed by atoms with Gasteiger partial charge in [0.1, 0.15) is 17.4 Å². The highest BCUT2D eigenvalue weighted by molar-refractivity contribution is 6.07. The SMILES string of the molecule is CN1CCN(/C=C(/C#N)C(=O)Nc2ccccc2O)CC1. The third kappa shape index (κ3) is 3.97. The largest absolute Gasteiger partial charge is 0.506 e. The van der Waals surface area contributed by atoms with Crippen molar-refractivity contribution in [3.05, 3.63) is 36.0 Å². The van der Waals surface area contributed by atoms with Crippen molar-refractivity contribution < 1.29 is 9.90 Å². The van der Waals surface area contributed by atoms with Crippen LogP contribution in [0.25, 0.3) is 0 Å². The maximum Gasteiger partial charge on any atom is 0.267 e. The minimum atomic E-state index is -0.516. The summed E-state index contributed by atoms with van der Waals surface area (Å²) in [6.45, 7) is 3.36. The van der Waals surface area contributed by atoms with E-state index in [4.69, 9.17) is 5.26 Å². The fourth-order valence-corrected chi connectivity index (χ4v) is 2.04. The number of piperazine rings is 1. The highest BCUT2D eigenvalue weighted by Gasteiger charge is 2.16. The van der Waals surface area contributed by atoms with Gasteiger partial charge in [0.05, 0.1) is 5.69 Å². The number of nitrogens with zero attached hydrogens (tertiary/aromatic N) is 3. The van der Waals surface area contributed by atoms with Crippen LogP contribution in [0.15, 0.2) is 36.0 Å². The van der Waals surface area contributed by atoms with Crippen molar-refractivity contribution in [3.8, 4) is 11.8 Å². The molecule has 1 aromatic carbocycles. The van der Waals surface area contributed by atoms with Gasteiger partial charge in [-0.2, -0.15) is 5.26 Å². The molecule has 6 heteroatoms. The van der Waals surface area contributed by atoms with Crippen molar-refractivity contribution in [2.24, 2.45) is 0 Å². The number of hydrogen-bond acceptors (Lipinski definition) is 5. The van der Waals surface area contributed by atoms with E-state index in [1.165, 1.54) is 6.07 Å². The quantitative estimate of drug-likeness (QED) is 0.492. The summed E-state index contributed by atoms with van der Waals surface area (Å²) >= 11 is 0. The summed E-state index contributed by atoms with van der Waals surface area (Å²) in [5.41, 5.74) is 0.324. The predicted molar refractivity (Wildman–Crippen MR) is 79.5 cm³/mol. The molecule has 1 aliphatic heterocycles. The fourth-order valence-electron chi connectivity index (χ4n) is 2.04. The second-order valence-corrected chi connectivity index (χ2v) is 4.97. The number of carbonyl (C=O) groups excluding carboxylic acids is 1. The number of aromatic hydroxyl groups is 1. The zero-order valence-corrected chi connectivity index (χ0v) is 11.9. The molecule has 0 aromatic heterocycles. The van der Waals surface area contributed by atoms with Gasteiger partial charge in [0.25, 0.3) is 5.91 Å². The number of hydrogen-bond donors (Lipinski definition) is 2. The molecule has 2 N–H and O–H groups in total. The van der Waals surface area contributed by atoms with Crippen molar-refractivity contribution in [2.45, 2.75) is 0 Å². The molecule has 1 saturated heterocycles. The Morgan fingerprint density at radius 3 is 2.62 bits per heavy atom. The number of benzene rings is 1. The Bertz CT molecular complexity index is 584. The Kier molecular flexibility index (Phi) is 4.80. The molecule has 6 nitrogen and oxygen atoms in total. The van der Waals surface area contributed by atoms with Crippen LogP contribution in [-0.4, -0.2) is 54.0 Å². The Balaban J connectivity index is 2.05. The van der Waals surface area contributed by atoms with Crippen LogP contribution in [0.5, 0.6) is 5.75 Å². The highest BCUT2D eigenvalue weighted by Crippen LogP contribution is 2.22. The van der Waals surface area contributed by atoms with Crippen molar-refractivity contribution in [1.82, 2.24) is 9.80 Å². The number of para-hydroxylation sites is 2. The number of amides is 1. The van der Waals surface area contributed by atoms with Crippen molar-refractivity contribution in [3.63, 3.8) is 0 Å². The lowest BCUT2D eigenvalue weighted by atomic mass is 10.2. The lowest BCUT2D eigenvalue weighted by molar-refractivity contribution is -0.112. The summed E-state index contributed by atoms with van der Waals surface area (Å²) in [5.74, 6) is -0.541. The van der Waals surface area contributed by atoms with Crippen LogP contribution in [0.4, 0.5) is 5.69 Å². The number of nitriles is 1. The van der Waals surface area contributed by atoms with E-state index in [9.17, 15) is 9.90 Å². The molecule has 0 atom stereocenters. The molecule has 0 saturated carbocycles. The summed E-state index contributed by atoms with van der Waals surface area (Å²) in [4.78, 5) is 16.2. The molecule has 21 heavy (non-hydrogen) atoms. The van der Waals surface area contributed by atoms with Gasteiger partial charge >= 0.3 is 0 Å². The number of phenols is 1. The first-order valence-corrected chi connectivity index (χ1v) is 6.74. The van der Waals surface area contributed by atoms with E-state index in [1.807, 2.05) is 18.0 Å². The summed E-state index contributed by atoms with van der Waals surface area (Å²) < 4.78 is 0. The molecule has 1 aromatic rings. The van der Waals surface area contributed by atoms with Gasteiger partial charge in [-0.1, -0.05) is 12.1 Å². The first kappa shape index (κ1) is 14.9. The highest BCUT2D eigenvalue weighted by atomic mass is 16.3. The molecule has 1 aliphatic rings. The maximum absolute atomic E-state index is 12.1. The van der Waals surface area contributed by atoms with Crippen LogP contribution in [0.2, 0.25) is 0 Å². The van der Waals surface area contributed by atoms with Gasteiger partial charge in [-0.3, -0.25) is 4.79 Å². The molecule has 1 fully saturated rings. The molecule has 1 heterocycles. The summed E-state index contributed by atoms with van der Waals surface area (Å²) in [7, 11) is 2.04. The van der Waals surface area contributed by atoms with Crippen molar-refractivity contribution in [2.75, 3.05) is 38.5 Å². The third-order valence-electron chi connectivity index (χ3n) is 3.37. The van der Waals surface area contributed by atoms with Crippen LogP contribution < -0.4 is 5.32 Å². The minimum absolute atomic E-state index is 0.0252. The van der Waals surface area contributed by atoms with Crippen LogP contribution in [0, 0.1) is 11.3 Å². The van der Waals surface area contributed by atoms with Crippen LogP contribution in [0.3, 0.4) is 0 Å². The third-order valence-corrected chi connectivity index (χ3v) is 3.37. The molecule has 0 radical (unpaired) electrons. The smallest absolute Gasteiger partial charge is 0.267 e. The minimum Gasteiger partial charge on any atom is -0.506 e. The van der Waals surface area contributed by atoms with Gasteiger partial charge in [-0.15, -0.1) is 0 Å². The maximum atomic E-state index is 12.1. The normalized spacial score (nSPS) is 16.4. The lowest BCUT2D eigenvalue weighted by Gasteiger charge is -2.31. The Morgan fingerprint density at radius 2 is 2.00 bits per heavy atom. The van der Waals surface area contributed by atoms with E-state index >= 15 is 0 Å². The van der Waals surface area contributed by atoms with E-state index in [0.717, 1.165) is 26.2 Å². The van der Waals surface area contributed by atoms with E-state index in [2.05, 4.69) is 10.2 Å². The molecule has 1 amide bonds. The van der Waals surface area contributed by atoms with Gasteiger partial charge in [-0.25, -0.2) is 0 Å². The standard InChI is InChI=1S/C15H18N4O2/c1-18-6-8-19(9-7-18)11-12(10-16)15(21)17-13-4-2-3-5-14(13)20/h2-5,11,20H,6-9H2,1H3,(H,17,21)/b12-11-. The monoisotopic (exact) mass is 286 g/mol. The average molecular weight is 286 g/mol. The summed E-state index contributed by atoms with van der Waals surface area (Å²) in [5, 5.41) is 21.3. The predicted octanol–water partition coefficient (Wildman–Crippen LogP) is 0.986. The van der Waals surface area contributed by atoms with Crippen molar-refractivity contribution >= 4 is 11.6 Å². The lowest BCUT2D eigenvalue weighted by Crippen LogP contribution is -2.42. The van der Waals surface area contributed by atoms with Gasteiger partial charge < -0.3 is 20.2 Å². The number of rotatable bonds is 3. The van der Waals surface area contributed by atoms with Gasteiger partial charge in [-0.05, 0) is 19.2 Å². The Morgan fingerprint density at radius 1 is 1.33 bits per heavy atom. The van der Waals surface area contributed by atoms with E-state index in [1.54, 1.807) is 24.4 Å². The molecule has 110 valence electrons. The van der Waals surface area contributed by atoms with Crippen LogP contribution >= 0.6 is 0 Å². The van der Waals surface area contributed by atoms with Gasteiger partial charge in [0.15, 0.2) is 0 Å². The van der Waals surface area contributed by atoms with Gasteiger partial charge in [0.2, 0.25) is 0 Å². The summed E-state index contributed by atoms with van der Waals surface area (Å²) in [6, 6.07) is 8.33. The number of likely N-dealkylation sites (N-methyl/N-ethyl adjacent to an activating group) is 1. The molecule has 2 rings (SSSR count). The second kappa shape index (κ2) is 6.77. The molecule has 0 bridgehead atoms. The van der Waals surface area contributed by atoms with E-state index in [-0.39, 0.29) is 11.3 Å². The molecular weight excluding hydrogens is 268 g/mol. The van der Waals surface area contributed by atoms with Gasteiger partial charge in [0, 0.05) is 32.4 Å². The first-order valence-electron chi connectivity index (χ1n) is 6.74. The molecular formula is C15H18N4O2. The average Bonchev–Trinajstić information content (AvgIpc) is 2.49. The summed E-state index contributed by atoms with van der Waals surface area (Å²) in [6.07, 6.45) is 1.59. The van der Waals surface area contributed by atoms with Crippen molar-refractivity contribution in [1.29, 1.82) is 5.26 Å². The number of nitrogens with one attached hydrogen (secondary N) is 1. The van der Waals surface area contributed by atoms with Crippen LogP contribution in [-0.2, 0) is 4.79 Å². The second-order valence-electron chi connectivity index (χ2n) is 4.97. The molecule has 0 spiro atoms. The van der Waals surface area contributed by atoms with E-state index < -0.39 is 5.91 Å². The molecule has 0 aliphatic carbocycles. The first-order chi connectivity index (χ1) is 10.1. The van der Waals surface area contributed by atoms with E-state index in [0.29, 0.717) is 5.69 Å². The Labute approximate surface area is 123 Å².